The number of benzene rings is 1. The van der Waals surface area contributed by atoms with E-state index in [1.165, 1.54) is 53.9 Å². The maximum Gasteiger partial charge on any atom is 0.0945 e. The predicted octanol–water partition coefficient (Wildman–Crippen LogP) is 5.09. The maximum absolute atomic E-state index is 4.14. The summed E-state index contributed by atoms with van der Waals surface area (Å²) in [5.41, 5.74) is 4.28. The highest BCUT2D eigenvalue weighted by atomic mass is 32.2. The molecule has 2 aromatic rings. The summed E-state index contributed by atoms with van der Waals surface area (Å²) in [6.45, 7) is 5.50. The average molecular weight is 347 g/mol. The molecule has 0 N–H and O–H groups in total. The highest BCUT2D eigenvalue weighted by Gasteiger charge is 2.33. The Kier molecular flexibility index (Phi) is 5.76. The summed E-state index contributed by atoms with van der Waals surface area (Å²) < 4.78 is 2.56. The fraction of sp³-hybridized carbons (Fsp3) is 0.526. The number of thioether (sulfide) groups is 2. The minimum Gasteiger partial charge on any atom is -0.337 e. The number of aromatic nitrogens is 2. The Morgan fingerprint density at radius 2 is 1.87 bits per heavy atom. The molecule has 2 heterocycles. The molecule has 1 aromatic heterocycles. The van der Waals surface area contributed by atoms with Gasteiger partial charge in [-0.05, 0) is 56.6 Å². The molecule has 23 heavy (non-hydrogen) atoms. The van der Waals surface area contributed by atoms with Gasteiger partial charge in [-0.15, -0.1) is 23.5 Å². The molecule has 0 radical (unpaired) electrons. The van der Waals surface area contributed by atoms with Crippen LogP contribution in [0.2, 0.25) is 0 Å². The van der Waals surface area contributed by atoms with Crippen molar-refractivity contribution in [3.8, 4) is 0 Å². The first-order chi connectivity index (χ1) is 11.2. The number of nitrogens with zero attached hydrogens (tertiary/aromatic N) is 2. The highest BCUT2D eigenvalue weighted by Crippen LogP contribution is 2.48. The van der Waals surface area contributed by atoms with Crippen molar-refractivity contribution in [2.75, 3.05) is 11.5 Å². The van der Waals surface area contributed by atoms with E-state index in [-0.39, 0.29) is 0 Å². The number of hydrogen-bond donors (Lipinski definition) is 0. The van der Waals surface area contributed by atoms with Crippen LogP contribution in [0.4, 0.5) is 0 Å². The zero-order valence-electron chi connectivity index (χ0n) is 14.1. The van der Waals surface area contributed by atoms with Crippen molar-refractivity contribution in [2.24, 2.45) is 0 Å². The van der Waals surface area contributed by atoms with E-state index in [4.69, 9.17) is 0 Å². The molecule has 1 fully saturated rings. The molecule has 0 saturated carbocycles. The smallest absolute Gasteiger partial charge is 0.0945 e. The van der Waals surface area contributed by atoms with Crippen LogP contribution in [0.3, 0.4) is 0 Å². The summed E-state index contributed by atoms with van der Waals surface area (Å²) in [5, 5.41) is 0. The van der Waals surface area contributed by atoms with Crippen LogP contribution in [-0.2, 0) is 13.0 Å². The third-order valence-corrected chi connectivity index (χ3v) is 7.75. The molecule has 1 aliphatic rings. The van der Waals surface area contributed by atoms with Crippen LogP contribution in [0, 0.1) is 13.8 Å². The van der Waals surface area contributed by atoms with Gasteiger partial charge in [-0.3, -0.25) is 0 Å². The van der Waals surface area contributed by atoms with Crippen molar-refractivity contribution < 1.29 is 0 Å². The summed E-state index contributed by atoms with van der Waals surface area (Å²) in [5.74, 6) is 2.62. The number of imidazole rings is 1. The van der Waals surface area contributed by atoms with Crippen LogP contribution < -0.4 is 0 Å². The monoisotopic (exact) mass is 346 g/mol. The van der Waals surface area contributed by atoms with Crippen LogP contribution >= 0.6 is 23.5 Å². The van der Waals surface area contributed by atoms with E-state index in [1.54, 1.807) is 0 Å². The van der Waals surface area contributed by atoms with Crippen LogP contribution in [0.5, 0.6) is 0 Å². The van der Waals surface area contributed by atoms with Crippen molar-refractivity contribution in [2.45, 2.75) is 50.2 Å². The van der Waals surface area contributed by atoms with Crippen molar-refractivity contribution in [1.82, 2.24) is 9.55 Å². The predicted molar refractivity (Wildman–Crippen MR) is 103 cm³/mol. The molecule has 1 aliphatic heterocycles. The lowest BCUT2D eigenvalue weighted by atomic mass is 10.0. The molecule has 4 heteroatoms. The summed E-state index contributed by atoms with van der Waals surface area (Å²) in [4.78, 5) is 4.14. The van der Waals surface area contributed by atoms with Crippen LogP contribution in [0.25, 0.3) is 0 Å². The fourth-order valence-corrected chi connectivity index (χ4v) is 6.84. The molecular formula is C19H26N2S2. The first kappa shape index (κ1) is 17.0. The molecular weight excluding hydrogens is 320 g/mol. The van der Waals surface area contributed by atoms with Crippen LogP contribution in [-0.4, -0.2) is 25.1 Å². The molecule has 124 valence electrons. The number of aryl methyl sites for hydroxylation is 3. The van der Waals surface area contributed by atoms with Gasteiger partial charge in [0, 0.05) is 18.9 Å². The lowest BCUT2D eigenvalue weighted by Gasteiger charge is -2.36. The second-order valence-corrected chi connectivity index (χ2v) is 9.75. The Morgan fingerprint density at radius 3 is 2.52 bits per heavy atom. The Labute approximate surface area is 148 Å². The fourth-order valence-electron chi connectivity index (χ4n) is 3.38. The van der Waals surface area contributed by atoms with Gasteiger partial charge in [0.25, 0.3) is 0 Å². The van der Waals surface area contributed by atoms with Crippen molar-refractivity contribution in [1.29, 1.82) is 0 Å². The Hall–Kier alpha value is -0.870. The second kappa shape index (κ2) is 7.80. The molecule has 1 aromatic carbocycles. The van der Waals surface area contributed by atoms with Gasteiger partial charge >= 0.3 is 0 Å². The van der Waals surface area contributed by atoms with E-state index in [2.05, 4.69) is 71.3 Å². The first-order valence-corrected chi connectivity index (χ1v) is 10.4. The normalized spacial score (nSPS) is 17.3. The number of rotatable bonds is 6. The van der Waals surface area contributed by atoms with Gasteiger partial charge in [0.15, 0.2) is 0 Å². The van der Waals surface area contributed by atoms with Gasteiger partial charge in [-0.2, -0.15) is 0 Å². The van der Waals surface area contributed by atoms with Gasteiger partial charge in [-0.1, -0.05) is 29.3 Å². The van der Waals surface area contributed by atoms with E-state index in [0.717, 1.165) is 6.54 Å². The first-order valence-electron chi connectivity index (χ1n) is 8.46. The minimum absolute atomic E-state index is 0.360. The minimum atomic E-state index is 0.360. The molecule has 2 nitrogen and oxygen atoms in total. The molecule has 0 unspecified atom stereocenters. The molecule has 0 atom stereocenters. The van der Waals surface area contributed by atoms with E-state index in [9.17, 15) is 0 Å². The molecule has 0 spiro atoms. The third kappa shape index (κ3) is 4.80. The Bertz CT molecular complexity index is 596. The topological polar surface area (TPSA) is 17.8 Å². The van der Waals surface area contributed by atoms with Gasteiger partial charge in [0.2, 0.25) is 0 Å². The second-order valence-electron chi connectivity index (χ2n) is 6.54. The van der Waals surface area contributed by atoms with Gasteiger partial charge < -0.3 is 4.57 Å². The van der Waals surface area contributed by atoms with Gasteiger partial charge in [0.05, 0.1) is 10.4 Å². The molecule has 3 rings (SSSR count). The quantitative estimate of drug-likeness (QED) is 0.725. The Morgan fingerprint density at radius 1 is 1.13 bits per heavy atom. The zero-order valence-corrected chi connectivity index (χ0v) is 15.8. The summed E-state index contributed by atoms with van der Waals surface area (Å²) in [7, 11) is 0. The standard InChI is InChI=1S/C19H26N2S2/c1-16-11-17(2)13-18(12-16)14-19(22-9-4-10-23-19)5-3-7-21-8-6-20-15-21/h6,8,11-13,15H,3-5,7,9-10,14H2,1-2H3. The van der Waals surface area contributed by atoms with E-state index in [1.807, 2.05) is 12.5 Å². The lowest BCUT2D eigenvalue weighted by molar-refractivity contribution is 0.575. The van der Waals surface area contributed by atoms with Crippen LogP contribution in [0.15, 0.2) is 36.9 Å². The molecule has 0 aliphatic carbocycles. The molecule has 0 bridgehead atoms. The van der Waals surface area contributed by atoms with E-state index >= 15 is 0 Å². The van der Waals surface area contributed by atoms with Crippen molar-refractivity contribution in [3.05, 3.63) is 53.6 Å². The zero-order chi connectivity index (χ0) is 16.1. The maximum atomic E-state index is 4.14. The van der Waals surface area contributed by atoms with Gasteiger partial charge in [0.1, 0.15) is 0 Å². The largest absolute Gasteiger partial charge is 0.337 e. The Balaban J connectivity index is 1.68. The van der Waals surface area contributed by atoms with Gasteiger partial charge in [-0.25, -0.2) is 4.98 Å². The lowest BCUT2D eigenvalue weighted by Crippen LogP contribution is -2.28. The summed E-state index contributed by atoms with van der Waals surface area (Å²) >= 11 is 4.38. The third-order valence-electron chi connectivity index (χ3n) is 4.31. The van der Waals surface area contributed by atoms with Crippen LogP contribution in [0.1, 0.15) is 36.0 Å². The van der Waals surface area contributed by atoms with Crippen molar-refractivity contribution in [3.63, 3.8) is 0 Å². The summed E-state index contributed by atoms with van der Waals surface area (Å²) in [6.07, 6.45) is 10.9. The number of hydrogen-bond acceptors (Lipinski definition) is 3. The van der Waals surface area contributed by atoms with E-state index < -0.39 is 0 Å². The van der Waals surface area contributed by atoms with E-state index in [0.29, 0.717) is 4.08 Å². The SMILES string of the molecule is Cc1cc(C)cc(CC2(CCCn3ccnc3)SCCCS2)c1. The van der Waals surface area contributed by atoms with Crippen molar-refractivity contribution >= 4 is 23.5 Å². The highest BCUT2D eigenvalue weighted by molar-refractivity contribution is 8.18. The average Bonchev–Trinajstić information content (AvgIpc) is 3.00. The molecule has 1 saturated heterocycles. The summed E-state index contributed by atoms with van der Waals surface area (Å²) in [6, 6.07) is 7.02. The molecule has 0 amide bonds.